The van der Waals surface area contributed by atoms with Crippen molar-refractivity contribution < 1.29 is 14.3 Å². The Morgan fingerprint density at radius 3 is 2.68 bits per heavy atom. The highest BCUT2D eigenvalue weighted by molar-refractivity contribution is 5.88. The number of nitrogens with one attached hydrogen (secondary N) is 1. The molecule has 2 aromatic heterocycles. The lowest BCUT2D eigenvalue weighted by atomic mass is 10.1. The summed E-state index contributed by atoms with van der Waals surface area (Å²) >= 11 is 0. The number of rotatable bonds is 6. The van der Waals surface area contributed by atoms with E-state index in [-0.39, 0.29) is 12.0 Å². The summed E-state index contributed by atoms with van der Waals surface area (Å²) in [4.78, 5) is 30.2. The molecule has 1 aromatic carbocycles. The molecule has 2 fully saturated rings. The first-order valence-corrected chi connectivity index (χ1v) is 11.9. The summed E-state index contributed by atoms with van der Waals surface area (Å²) in [5.74, 6) is 0.825. The van der Waals surface area contributed by atoms with E-state index in [1.54, 1.807) is 12.4 Å². The molecule has 9 heteroatoms. The van der Waals surface area contributed by atoms with Gasteiger partial charge in [-0.3, -0.25) is 9.78 Å². The van der Waals surface area contributed by atoms with Crippen molar-refractivity contribution in [3.05, 3.63) is 42.7 Å². The zero-order chi connectivity index (χ0) is 23.3. The smallest absolute Gasteiger partial charge is 0.222 e. The van der Waals surface area contributed by atoms with Crippen molar-refractivity contribution >= 4 is 28.4 Å². The SMILES string of the molecule is CCC(=O)N1CCO[C@H](CNc2nc(-c3ccc(N4CCOCC4)cc3)cc3nccnc23)C1. The summed E-state index contributed by atoms with van der Waals surface area (Å²) in [5, 5.41) is 3.41. The molecule has 0 unspecified atom stereocenters. The van der Waals surface area contributed by atoms with E-state index in [9.17, 15) is 4.79 Å². The van der Waals surface area contributed by atoms with Gasteiger partial charge < -0.3 is 24.6 Å². The molecule has 2 saturated heterocycles. The molecule has 0 radical (unpaired) electrons. The average molecular weight is 463 g/mol. The van der Waals surface area contributed by atoms with Crippen molar-refractivity contribution in [2.45, 2.75) is 19.4 Å². The fraction of sp³-hybridized carbons (Fsp3) is 0.440. The fourth-order valence-corrected chi connectivity index (χ4v) is 4.41. The van der Waals surface area contributed by atoms with Crippen molar-refractivity contribution in [1.82, 2.24) is 19.9 Å². The maximum atomic E-state index is 12.1. The Morgan fingerprint density at radius 1 is 1.09 bits per heavy atom. The third-order valence-electron chi connectivity index (χ3n) is 6.29. The van der Waals surface area contributed by atoms with E-state index in [0.29, 0.717) is 44.0 Å². The molecular formula is C25H30N6O3. The van der Waals surface area contributed by atoms with Gasteiger partial charge in [-0.05, 0) is 18.2 Å². The molecule has 1 amide bonds. The van der Waals surface area contributed by atoms with Crippen LogP contribution in [0.1, 0.15) is 13.3 Å². The summed E-state index contributed by atoms with van der Waals surface area (Å²) in [6, 6.07) is 10.4. The predicted octanol–water partition coefficient (Wildman–Crippen LogP) is 2.58. The minimum absolute atomic E-state index is 0.103. The molecule has 2 aliphatic rings. The van der Waals surface area contributed by atoms with Crippen LogP contribution in [0.15, 0.2) is 42.7 Å². The average Bonchev–Trinajstić information content (AvgIpc) is 2.92. The molecule has 2 aliphatic heterocycles. The molecule has 3 aromatic rings. The van der Waals surface area contributed by atoms with Crippen LogP contribution in [0.3, 0.4) is 0 Å². The number of anilines is 2. The predicted molar refractivity (Wildman–Crippen MR) is 131 cm³/mol. The molecule has 9 nitrogen and oxygen atoms in total. The number of amides is 1. The number of ether oxygens (including phenoxy) is 2. The molecule has 34 heavy (non-hydrogen) atoms. The Bertz CT molecular complexity index is 1130. The summed E-state index contributed by atoms with van der Waals surface area (Å²) < 4.78 is 11.3. The molecule has 4 heterocycles. The highest BCUT2D eigenvalue weighted by Gasteiger charge is 2.23. The minimum atomic E-state index is -0.103. The van der Waals surface area contributed by atoms with Gasteiger partial charge in [0.05, 0.1) is 37.1 Å². The first-order chi connectivity index (χ1) is 16.7. The number of carbonyl (C=O) groups excluding carboxylic acids is 1. The lowest BCUT2D eigenvalue weighted by Crippen LogP contribution is -2.47. The zero-order valence-corrected chi connectivity index (χ0v) is 19.4. The number of carbonyl (C=O) groups is 1. The molecule has 5 rings (SSSR count). The van der Waals surface area contributed by atoms with Gasteiger partial charge in [-0.2, -0.15) is 0 Å². The van der Waals surface area contributed by atoms with Crippen molar-refractivity contribution in [2.24, 2.45) is 0 Å². The van der Waals surface area contributed by atoms with Crippen LogP contribution >= 0.6 is 0 Å². The summed E-state index contributed by atoms with van der Waals surface area (Å²) in [6.45, 7) is 7.51. The van der Waals surface area contributed by atoms with Crippen LogP contribution in [0.5, 0.6) is 0 Å². The first kappa shape index (κ1) is 22.5. The van der Waals surface area contributed by atoms with Gasteiger partial charge in [0.25, 0.3) is 0 Å². The number of pyridine rings is 1. The van der Waals surface area contributed by atoms with E-state index in [1.807, 2.05) is 17.9 Å². The molecule has 0 spiro atoms. The van der Waals surface area contributed by atoms with Gasteiger partial charge in [0, 0.05) is 62.8 Å². The van der Waals surface area contributed by atoms with Crippen LogP contribution in [0.4, 0.5) is 11.5 Å². The monoisotopic (exact) mass is 462 g/mol. The Morgan fingerprint density at radius 2 is 1.88 bits per heavy atom. The number of hydrogen-bond donors (Lipinski definition) is 1. The number of aromatic nitrogens is 3. The van der Waals surface area contributed by atoms with E-state index >= 15 is 0 Å². The topological polar surface area (TPSA) is 92.7 Å². The number of fused-ring (bicyclic) bond motifs is 1. The standard InChI is InChI=1S/C25H30N6O3/c1-2-23(32)31-11-14-34-20(17-31)16-28-25-24-22(26-7-8-27-24)15-21(29-25)18-3-5-19(6-4-18)30-9-12-33-13-10-30/h3-8,15,20H,2,9-14,16-17H2,1H3,(H,28,29)/t20-/m1/s1. The highest BCUT2D eigenvalue weighted by atomic mass is 16.5. The van der Waals surface area contributed by atoms with Crippen molar-refractivity contribution in [3.63, 3.8) is 0 Å². The highest BCUT2D eigenvalue weighted by Crippen LogP contribution is 2.27. The van der Waals surface area contributed by atoms with Crippen molar-refractivity contribution in [1.29, 1.82) is 0 Å². The maximum absolute atomic E-state index is 12.1. The van der Waals surface area contributed by atoms with E-state index in [4.69, 9.17) is 14.5 Å². The molecular weight excluding hydrogens is 432 g/mol. The number of morpholine rings is 2. The van der Waals surface area contributed by atoms with Crippen molar-refractivity contribution in [2.75, 3.05) is 62.8 Å². The zero-order valence-electron chi connectivity index (χ0n) is 19.4. The normalized spacial score (nSPS) is 18.8. The molecule has 1 atom stereocenters. The number of nitrogens with zero attached hydrogens (tertiary/aromatic N) is 5. The maximum Gasteiger partial charge on any atom is 0.222 e. The minimum Gasteiger partial charge on any atom is -0.378 e. The molecule has 1 N–H and O–H groups in total. The van der Waals surface area contributed by atoms with E-state index in [2.05, 4.69) is 44.5 Å². The fourth-order valence-electron chi connectivity index (χ4n) is 4.41. The third-order valence-corrected chi connectivity index (χ3v) is 6.29. The number of hydrogen-bond acceptors (Lipinski definition) is 8. The second-order valence-electron chi connectivity index (χ2n) is 8.49. The van der Waals surface area contributed by atoms with Gasteiger partial charge in [-0.1, -0.05) is 19.1 Å². The molecule has 0 saturated carbocycles. The van der Waals surface area contributed by atoms with Crippen LogP contribution in [0.25, 0.3) is 22.3 Å². The van der Waals surface area contributed by atoms with Crippen LogP contribution in [-0.2, 0) is 14.3 Å². The van der Waals surface area contributed by atoms with E-state index in [1.165, 1.54) is 5.69 Å². The Balaban J connectivity index is 1.36. The van der Waals surface area contributed by atoms with Gasteiger partial charge in [0.2, 0.25) is 5.91 Å². The second-order valence-corrected chi connectivity index (χ2v) is 8.49. The lowest BCUT2D eigenvalue weighted by Gasteiger charge is -2.33. The van der Waals surface area contributed by atoms with Crippen LogP contribution < -0.4 is 10.2 Å². The Hall–Kier alpha value is -3.30. The Kier molecular flexibility index (Phi) is 6.82. The van der Waals surface area contributed by atoms with Crippen LogP contribution in [0, 0.1) is 0 Å². The molecule has 0 bridgehead atoms. The summed E-state index contributed by atoms with van der Waals surface area (Å²) in [5.41, 5.74) is 4.53. The van der Waals surface area contributed by atoms with Gasteiger partial charge in [0.15, 0.2) is 5.82 Å². The van der Waals surface area contributed by atoms with E-state index < -0.39 is 0 Å². The van der Waals surface area contributed by atoms with Gasteiger partial charge >= 0.3 is 0 Å². The Labute approximate surface area is 199 Å². The largest absolute Gasteiger partial charge is 0.378 e. The quantitative estimate of drug-likeness (QED) is 0.598. The van der Waals surface area contributed by atoms with Crippen molar-refractivity contribution in [3.8, 4) is 11.3 Å². The molecule has 178 valence electrons. The summed E-state index contributed by atoms with van der Waals surface area (Å²) in [6.07, 6.45) is 3.77. The second kappa shape index (κ2) is 10.3. The van der Waals surface area contributed by atoms with Crippen LogP contribution in [-0.4, -0.2) is 84.4 Å². The van der Waals surface area contributed by atoms with Gasteiger partial charge in [0.1, 0.15) is 5.52 Å². The first-order valence-electron chi connectivity index (χ1n) is 11.9. The molecule has 0 aliphatic carbocycles. The lowest BCUT2D eigenvalue weighted by molar-refractivity contribution is -0.137. The third kappa shape index (κ3) is 4.95. The number of benzene rings is 1. The van der Waals surface area contributed by atoms with E-state index in [0.717, 1.165) is 43.1 Å². The summed E-state index contributed by atoms with van der Waals surface area (Å²) in [7, 11) is 0. The van der Waals surface area contributed by atoms with Crippen LogP contribution in [0.2, 0.25) is 0 Å². The van der Waals surface area contributed by atoms with Gasteiger partial charge in [-0.25, -0.2) is 9.97 Å². The van der Waals surface area contributed by atoms with Gasteiger partial charge in [-0.15, -0.1) is 0 Å².